The van der Waals surface area contributed by atoms with Crippen LogP contribution in [0.2, 0.25) is 0 Å². The fourth-order valence-corrected chi connectivity index (χ4v) is 3.50. The summed E-state index contributed by atoms with van der Waals surface area (Å²) in [6.45, 7) is 2.53. The molecule has 0 aliphatic heterocycles. The van der Waals surface area contributed by atoms with Crippen molar-refractivity contribution in [2.45, 2.75) is 58.3 Å². The number of rotatable bonds is 12. The Labute approximate surface area is 123 Å². The Morgan fingerprint density at radius 2 is 1.40 bits per heavy atom. The van der Waals surface area contributed by atoms with Crippen LogP contribution < -0.4 is 0 Å². The van der Waals surface area contributed by atoms with Crippen LogP contribution in [0.5, 0.6) is 0 Å². The monoisotopic (exact) mass is 299 g/mol. The van der Waals surface area contributed by atoms with Crippen molar-refractivity contribution in [3.05, 3.63) is 0 Å². The summed E-state index contributed by atoms with van der Waals surface area (Å²) >= 11 is 0. The minimum absolute atomic E-state index is 0.121. The van der Waals surface area contributed by atoms with Crippen LogP contribution in [0.15, 0.2) is 0 Å². The molecule has 0 fully saturated rings. The van der Waals surface area contributed by atoms with E-state index in [4.69, 9.17) is 10.5 Å². The van der Waals surface area contributed by atoms with Gasteiger partial charge in [0.05, 0.1) is 17.9 Å². The van der Waals surface area contributed by atoms with Crippen molar-refractivity contribution in [1.29, 1.82) is 10.5 Å². The lowest BCUT2D eigenvalue weighted by atomic mass is 10.1. The molecule has 0 bridgehead atoms. The maximum atomic E-state index is 12.1. The van der Waals surface area contributed by atoms with Gasteiger partial charge < -0.3 is 0 Å². The van der Waals surface area contributed by atoms with E-state index in [2.05, 4.69) is 6.92 Å². The Morgan fingerprint density at radius 1 is 0.900 bits per heavy atom. The lowest BCUT2D eigenvalue weighted by molar-refractivity contribution is 0.423. The molecular formula is C14H25N3O2S. The van der Waals surface area contributed by atoms with E-state index < -0.39 is 10.0 Å². The van der Waals surface area contributed by atoms with Crippen molar-refractivity contribution in [3.8, 4) is 12.1 Å². The Balaban J connectivity index is 4.18. The topological polar surface area (TPSA) is 85.0 Å². The summed E-state index contributed by atoms with van der Waals surface area (Å²) in [5.74, 6) is 0.121. The summed E-state index contributed by atoms with van der Waals surface area (Å²) < 4.78 is 25.6. The zero-order chi connectivity index (χ0) is 15.3. The predicted octanol–water partition coefficient (Wildman–Crippen LogP) is 2.81. The van der Waals surface area contributed by atoms with Gasteiger partial charge in [0, 0.05) is 25.9 Å². The van der Waals surface area contributed by atoms with Crippen LogP contribution in [0.3, 0.4) is 0 Å². The van der Waals surface area contributed by atoms with E-state index in [0.717, 1.165) is 19.3 Å². The van der Waals surface area contributed by atoms with E-state index in [-0.39, 0.29) is 31.7 Å². The highest BCUT2D eigenvalue weighted by molar-refractivity contribution is 7.89. The Bertz CT molecular complexity index is 403. The van der Waals surface area contributed by atoms with Crippen molar-refractivity contribution in [1.82, 2.24) is 4.31 Å². The molecule has 0 saturated carbocycles. The van der Waals surface area contributed by atoms with Gasteiger partial charge in [0.25, 0.3) is 0 Å². The first-order chi connectivity index (χ1) is 9.58. The summed E-state index contributed by atoms with van der Waals surface area (Å²) in [5, 5.41) is 17.1. The fourth-order valence-electron chi connectivity index (χ4n) is 1.93. The molecule has 20 heavy (non-hydrogen) atoms. The van der Waals surface area contributed by atoms with Crippen molar-refractivity contribution < 1.29 is 8.42 Å². The second-order valence-corrected chi connectivity index (χ2v) is 6.89. The number of nitriles is 2. The Hall–Kier alpha value is -1.11. The normalized spacial score (nSPS) is 11.2. The molecule has 0 N–H and O–H groups in total. The van der Waals surface area contributed by atoms with Crippen LogP contribution in [0.25, 0.3) is 0 Å². The first-order valence-electron chi connectivity index (χ1n) is 7.30. The van der Waals surface area contributed by atoms with E-state index >= 15 is 0 Å². The maximum absolute atomic E-state index is 12.1. The molecule has 5 nitrogen and oxygen atoms in total. The van der Waals surface area contributed by atoms with Crippen LogP contribution in [-0.2, 0) is 10.0 Å². The second kappa shape index (κ2) is 11.7. The molecule has 6 heteroatoms. The second-order valence-electron chi connectivity index (χ2n) is 4.80. The molecule has 0 aliphatic rings. The lowest BCUT2D eigenvalue weighted by Gasteiger charge is -2.19. The molecule has 114 valence electrons. The van der Waals surface area contributed by atoms with Crippen LogP contribution >= 0.6 is 0 Å². The number of sulfonamides is 1. The van der Waals surface area contributed by atoms with Crippen molar-refractivity contribution in [2.75, 3.05) is 18.8 Å². The molecule has 0 atom stereocenters. The van der Waals surface area contributed by atoms with Crippen molar-refractivity contribution in [3.63, 3.8) is 0 Å². The molecule has 0 heterocycles. The maximum Gasteiger partial charge on any atom is 0.214 e. The molecule has 0 aromatic heterocycles. The lowest BCUT2D eigenvalue weighted by Crippen LogP contribution is -2.34. The average Bonchev–Trinajstić information content (AvgIpc) is 2.42. The summed E-state index contributed by atoms with van der Waals surface area (Å²) in [6.07, 6.45) is 6.51. The number of hydrogen-bond acceptors (Lipinski definition) is 4. The van der Waals surface area contributed by atoms with E-state index in [1.807, 2.05) is 12.1 Å². The zero-order valence-electron chi connectivity index (χ0n) is 12.3. The highest BCUT2D eigenvalue weighted by atomic mass is 32.2. The highest BCUT2D eigenvalue weighted by Crippen LogP contribution is 2.10. The number of nitrogens with zero attached hydrogens (tertiary/aromatic N) is 3. The number of unbranched alkanes of at least 4 members (excludes halogenated alkanes) is 5. The third-order valence-electron chi connectivity index (χ3n) is 3.10. The summed E-state index contributed by atoms with van der Waals surface area (Å²) in [6, 6.07) is 3.90. The van der Waals surface area contributed by atoms with Crippen LogP contribution in [-0.4, -0.2) is 31.6 Å². The Morgan fingerprint density at radius 3 is 1.90 bits per heavy atom. The average molecular weight is 299 g/mol. The summed E-state index contributed by atoms with van der Waals surface area (Å²) in [5.41, 5.74) is 0. The minimum Gasteiger partial charge on any atom is -0.212 e. The summed E-state index contributed by atoms with van der Waals surface area (Å²) in [7, 11) is -3.33. The van der Waals surface area contributed by atoms with Crippen LogP contribution in [0.1, 0.15) is 58.3 Å². The molecule has 0 aliphatic carbocycles. The van der Waals surface area contributed by atoms with Crippen LogP contribution in [0.4, 0.5) is 0 Å². The third kappa shape index (κ3) is 8.90. The zero-order valence-corrected chi connectivity index (χ0v) is 13.2. The first kappa shape index (κ1) is 18.9. The Kier molecular flexibility index (Phi) is 11.0. The van der Waals surface area contributed by atoms with Crippen molar-refractivity contribution in [2.24, 2.45) is 0 Å². The quantitative estimate of drug-likeness (QED) is 0.519. The highest BCUT2D eigenvalue weighted by Gasteiger charge is 2.20. The number of hydrogen-bond donors (Lipinski definition) is 0. The van der Waals surface area contributed by atoms with Gasteiger partial charge in [-0.1, -0.05) is 39.0 Å². The SMILES string of the molecule is CCCCCCCCS(=O)(=O)N(CCC#N)CCC#N. The van der Waals surface area contributed by atoms with Gasteiger partial charge in [-0.2, -0.15) is 14.8 Å². The smallest absolute Gasteiger partial charge is 0.212 e. The fraction of sp³-hybridized carbons (Fsp3) is 0.857. The largest absolute Gasteiger partial charge is 0.214 e. The molecule has 0 aromatic rings. The molecule has 0 saturated heterocycles. The van der Waals surface area contributed by atoms with E-state index in [1.54, 1.807) is 0 Å². The van der Waals surface area contributed by atoms with Gasteiger partial charge in [-0.15, -0.1) is 0 Å². The van der Waals surface area contributed by atoms with Gasteiger partial charge in [0.1, 0.15) is 0 Å². The van der Waals surface area contributed by atoms with Gasteiger partial charge in [0.2, 0.25) is 10.0 Å². The van der Waals surface area contributed by atoms with E-state index in [9.17, 15) is 8.42 Å². The van der Waals surface area contributed by atoms with Gasteiger partial charge >= 0.3 is 0 Å². The molecule has 0 rings (SSSR count). The molecule has 0 spiro atoms. The van der Waals surface area contributed by atoms with Gasteiger partial charge in [0.15, 0.2) is 0 Å². The molecule has 0 radical (unpaired) electrons. The van der Waals surface area contributed by atoms with Gasteiger partial charge in [-0.25, -0.2) is 8.42 Å². The predicted molar refractivity (Wildman–Crippen MR) is 79.2 cm³/mol. The van der Waals surface area contributed by atoms with Gasteiger partial charge in [-0.3, -0.25) is 0 Å². The minimum atomic E-state index is -3.33. The van der Waals surface area contributed by atoms with Crippen molar-refractivity contribution >= 4 is 10.0 Å². The van der Waals surface area contributed by atoms with Gasteiger partial charge in [-0.05, 0) is 6.42 Å². The molecular weight excluding hydrogens is 274 g/mol. The molecule has 0 unspecified atom stereocenters. The van der Waals surface area contributed by atoms with Crippen LogP contribution in [0, 0.1) is 22.7 Å². The van der Waals surface area contributed by atoms with E-state index in [0.29, 0.717) is 6.42 Å². The summed E-state index contributed by atoms with van der Waals surface area (Å²) in [4.78, 5) is 0. The first-order valence-corrected chi connectivity index (χ1v) is 8.91. The standard InChI is InChI=1S/C14H25N3O2S/c1-2-3-4-5-6-7-14-20(18,19)17(12-8-10-15)13-9-11-16/h2-9,12-14H2,1H3. The molecule has 0 aromatic carbocycles. The molecule has 0 amide bonds. The van der Waals surface area contributed by atoms with E-state index in [1.165, 1.54) is 17.1 Å². The third-order valence-corrected chi connectivity index (χ3v) is 5.05.